The van der Waals surface area contributed by atoms with Gasteiger partial charge in [-0.15, -0.1) is 0 Å². The number of esters is 2. The third-order valence-corrected chi connectivity index (χ3v) is 4.57. The number of ether oxygens (including phenoxy) is 2. The molecule has 0 aromatic heterocycles. The van der Waals surface area contributed by atoms with Crippen molar-refractivity contribution in [3.63, 3.8) is 0 Å². The molecule has 1 unspecified atom stereocenters. The van der Waals surface area contributed by atoms with E-state index in [0.717, 1.165) is 0 Å². The van der Waals surface area contributed by atoms with Gasteiger partial charge in [-0.2, -0.15) is 0 Å². The Morgan fingerprint density at radius 2 is 1.21 bits per heavy atom. The molecule has 0 aliphatic carbocycles. The fourth-order valence-electron chi connectivity index (χ4n) is 3.09. The second-order valence-electron chi connectivity index (χ2n) is 8.38. The van der Waals surface area contributed by atoms with Gasteiger partial charge in [0, 0.05) is 17.6 Å². The summed E-state index contributed by atoms with van der Waals surface area (Å²) in [7, 11) is 0. The van der Waals surface area contributed by atoms with Crippen molar-refractivity contribution in [3.05, 3.63) is 83.9 Å². The molecule has 182 valence electrons. The number of carboxylic acid groups (broad SMARTS) is 2. The van der Waals surface area contributed by atoms with Gasteiger partial charge in [-0.3, -0.25) is 0 Å². The van der Waals surface area contributed by atoms with E-state index in [-0.39, 0.29) is 24.5 Å². The van der Waals surface area contributed by atoms with Crippen LogP contribution >= 0.6 is 0 Å². The number of carboxylic acids is 2. The van der Waals surface area contributed by atoms with Crippen molar-refractivity contribution >= 4 is 23.9 Å². The molecule has 0 aliphatic rings. The summed E-state index contributed by atoms with van der Waals surface area (Å²) < 4.78 is 11.3. The van der Waals surface area contributed by atoms with Crippen LogP contribution in [0.4, 0.5) is 0 Å². The summed E-state index contributed by atoms with van der Waals surface area (Å²) in [5, 5.41) is 15.6. The van der Waals surface area contributed by atoms with Crippen LogP contribution in [0.15, 0.2) is 72.8 Å². The highest BCUT2D eigenvalue weighted by molar-refractivity contribution is 5.90. The summed E-state index contributed by atoms with van der Waals surface area (Å²) in [6, 6.07) is 17.8. The van der Waals surface area contributed by atoms with E-state index < -0.39 is 23.5 Å². The minimum absolute atomic E-state index is 0.0769. The topological polar surface area (TPSA) is 127 Å². The van der Waals surface area contributed by atoms with Crippen molar-refractivity contribution in [2.24, 2.45) is 11.3 Å². The fraction of sp³-hybridized carbons (Fsp3) is 0.308. The average Bonchev–Trinajstić information content (AvgIpc) is 2.80. The number of rotatable bonds is 9. The SMILES string of the molecule is CC(C)C(OC(=O)c1ccccc1)C(C)(C)COC(=O)c1ccccc1.O=C(O)/C=C/C(=O)O. The van der Waals surface area contributed by atoms with Crippen molar-refractivity contribution in [2.45, 2.75) is 33.8 Å². The second-order valence-corrected chi connectivity index (χ2v) is 8.38. The molecule has 2 aromatic rings. The Morgan fingerprint density at radius 1 is 0.794 bits per heavy atom. The Morgan fingerprint density at radius 3 is 1.59 bits per heavy atom. The van der Waals surface area contributed by atoms with Crippen LogP contribution in [-0.4, -0.2) is 46.8 Å². The molecule has 0 aliphatic heterocycles. The second kappa shape index (κ2) is 13.6. The van der Waals surface area contributed by atoms with Gasteiger partial charge in [0.1, 0.15) is 12.7 Å². The Hall–Kier alpha value is -3.94. The molecule has 2 N–H and O–H groups in total. The highest BCUT2D eigenvalue weighted by Crippen LogP contribution is 2.30. The van der Waals surface area contributed by atoms with Crippen molar-refractivity contribution in [2.75, 3.05) is 6.61 Å². The molecule has 8 heteroatoms. The quantitative estimate of drug-likeness (QED) is 0.406. The predicted molar refractivity (Wildman–Crippen MR) is 125 cm³/mol. The zero-order chi connectivity index (χ0) is 25.7. The number of carbonyl (C=O) groups is 4. The molecule has 0 heterocycles. The normalized spacial score (nSPS) is 11.8. The molecule has 0 amide bonds. The number of hydrogen-bond donors (Lipinski definition) is 2. The first-order valence-electron chi connectivity index (χ1n) is 10.6. The van der Waals surface area contributed by atoms with Crippen LogP contribution in [0.1, 0.15) is 48.4 Å². The molecule has 0 spiro atoms. The standard InChI is InChI=1S/C22H26O4.C4H4O4/c1-16(2)19(26-21(24)18-13-9-6-10-14-18)22(3,4)15-25-20(23)17-11-7-5-8-12-17;5-3(6)1-2-4(7)8/h5-14,16,19H,15H2,1-4H3;1-2H,(H,5,6)(H,7,8)/b;2-1+. The van der Waals surface area contributed by atoms with Gasteiger partial charge in [-0.1, -0.05) is 64.1 Å². The lowest BCUT2D eigenvalue weighted by Crippen LogP contribution is -2.41. The Balaban J connectivity index is 0.000000620. The van der Waals surface area contributed by atoms with E-state index in [2.05, 4.69) is 0 Å². The van der Waals surface area contributed by atoms with E-state index in [1.165, 1.54) is 0 Å². The minimum Gasteiger partial charge on any atom is -0.478 e. The Kier molecular flexibility index (Phi) is 11.2. The number of carbonyl (C=O) groups excluding carboxylic acids is 2. The number of aliphatic carboxylic acids is 2. The molecular weight excluding hydrogens is 440 g/mol. The van der Waals surface area contributed by atoms with Crippen LogP contribution in [0.3, 0.4) is 0 Å². The molecule has 34 heavy (non-hydrogen) atoms. The summed E-state index contributed by atoms with van der Waals surface area (Å²) in [6.07, 6.45) is 0.726. The third kappa shape index (κ3) is 10.1. The van der Waals surface area contributed by atoms with Crippen molar-refractivity contribution in [1.82, 2.24) is 0 Å². The predicted octanol–water partition coefficient (Wildman–Crippen LogP) is 4.46. The minimum atomic E-state index is -1.26. The maximum atomic E-state index is 12.4. The van der Waals surface area contributed by atoms with Gasteiger partial charge in [0.2, 0.25) is 0 Å². The van der Waals surface area contributed by atoms with Gasteiger partial charge < -0.3 is 19.7 Å². The van der Waals surface area contributed by atoms with Crippen LogP contribution in [-0.2, 0) is 19.1 Å². The van der Waals surface area contributed by atoms with E-state index >= 15 is 0 Å². The monoisotopic (exact) mass is 470 g/mol. The molecule has 0 saturated heterocycles. The summed E-state index contributed by atoms with van der Waals surface area (Å²) in [4.78, 5) is 43.7. The summed E-state index contributed by atoms with van der Waals surface area (Å²) >= 11 is 0. The van der Waals surface area contributed by atoms with Gasteiger partial charge in [0.25, 0.3) is 0 Å². The first-order chi connectivity index (χ1) is 15.9. The molecular formula is C26H30O8. The molecule has 0 saturated carbocycles. The zero-order valence-electron chi connectivity index (χ0n) is 19.6. The van der Waals surface area contributed by atoms with E-state index in [0.29, 0.717) is 23.3 Å². The first kappa shape index (κ1) is 28.1. The highest BCUT2D eigenvalue weighted by Gasteiger charge is 2.37. The third-order valence-electron chi connectivity index (χ3n) is 4.57. The van der Waals surface area contributed by atoms with E-state index in [1.807, 2.05) is 39.8 Å². The van der Waals surface area contributed by atoms with Crippen molar-refractivity contribution in [1.29, 1.82) is 0 Å². The van der Waals surface area contributed by atoms with E-state index in [1.54, 1.807) is 48.5 Å². The van der Waals surface area contributed by atoms with Crippen LogP contribution in [0.25, 0.3) is 0 Å². The molecule has 2 rings (SSSR count). The van der Waals surface area contributed by atoms with Gasteiger partial charge in [-0.25, -0.2) is 19.2 Å². The molecule has 8 nitrogen and oxygen atoms in total. The van der Waals surface area contributed by atoms with E-state index in [4.69, 9.17) is 19.7 Å². The van der Waals surface area contributed by atoms with Gasteiger partial charge in [0.05, 0.1) is 11.1 Å². The van der Waals surface area contributed by atoms with Crippen molar-refractivity contribution in [3.8, 4) is 0 Å². The summed E-state index contributed by atoms with van der Waals surface area (Å²) in [5.74, 6) is -3.18. The maximum Gasteiger partial charge on any atom is 0.338 e. The van der Waals surface area contributed by atoms with E-state index in [9.17, 15) is 19.2 Å². The van der Waals surface area contributed by atoms with Crippen molar-refractivity contribution < 1.29 is 38.9 Å². The number of benzene rings is 2. The average molecular weight is 471 g/mol. The summed E-state index contributed by atoms with van der Waals surface area (Å²) in [6.45, 7) is 8.02. The number of hydrogen-bond acceptors (Lipinski definition) is 6. The fourth-order valence-corrected chi connectivity index (χ4v) is 3.09. The molecule has 0 fully saturated rings. The maximum absolute atomic E-state index is 12.4. The lowest BCUT2D eigenvalue weighted by Gasteiger charge is -2.35. The highest BCUT2D eigenvalue weighted by atomic mass is 16.6. The van der Waals surface area contributed by atoms with Gasteiger partial charge in [-0.05, 0) is 30.2 Å². The largest absolute Gasteiger partial charge is 0.478 e. The molecule has 2 aromatic carbocycles. The first-order valence-corrected chi connectivity index (χ1v) is 10.6. The van der Waals surface area contributed by atoms with Crippen LogP contribution in [0.5, 0.6) is 0 Å². The molecule has 0 radical (unpaired) electrons. The van der Waals surface area contributed by atoms with Crippen LogP contribution in [0, 0.1) is 11.3 Å². The summed E-state index contributed by atoms with van der Waals surface area (Å²) in [5.41, 5.74) is 0.490. The smallest absolute Gasteiger partial charge is 0.338 e. The van der Waals surface area contributed by atoms with Gasteiger partial charge in [0.15, 0.2) is 0 Å². The molecule has 1 atom stereocenters. The van der Waals surface area contributed by atoms with Gasteiger partial charge >= 0.3 is 23.9 Å². The lowest BCUT2D eigenvalue weighted by molar-refractivity contribution is -0.134. The van der Waals surface area contributed by atoms with Crippen LogP contribution < -0.4 is 0 Å². The lowest BCUT2D eigenvalue weighted by atomic mass is 9.81. The Labute approximate surface area is 198 Å². The molecule has 0 bridgehead atoms. The van der Waals surface area contributed by atoms with Crippen LogP contribution in [0.2, 0.25) is 0 Å². The zero-order valence-corrected chi connectivity index (χ0v) is 19.6. The Bertz CT molecular complexity index is 962.